The SMILES string of the molecule is COc1ccc(CC(C)NC2CC(C)C2)cc1. The molecule has 0 aliphatic heterocycles. The molecule has 1 aliphatic rings. The molecule has 94 valence electrons. The number of ether oxygens (including phenoxy) is 1. The van der Waals surface area contributed by atoms with Crippen molar-refractivity contribution >= 4 is 0 Å². The van der Waals surface area contributed by atoms with E-state index >= 15 is 0 Å². The van der Waals surface area contributed by atoms with E-state index in [-0.39, 0.29) is 0 Å². The van der Waals surface area contributed by atoms with Crippen LogP contribution in [0.15, 0.2) is 24.3 Å². The third-order valence-corrected chi connectivity index (χ3v) is 3.59. The van der Waals surface area contributed by atoms with Crippen LogP contribution in [0.25, 0.3) is 0 Å². The van der Waals surface area contributed by atoms with Crippen molar-refractivity contribution in [3.8, 4) is 5.75 Å². The summed E-state index contributed by atoms with van der Waals surface area (Å²) >= 11 is 0. The second-order valence-electron chi connectivity index (χ2n) is 5.39. The molecular formula is C15H23NO. The van der Waals surface area contributed by atoms with E-state index in [1.54, 1.807) is 7.11 Å². The third-order valence-electron chi connectivity index (χ3n) is 3.59. The Bertz CT molecular complexity index is 340. The van der Waals surface area contributed by atoms with Crippen LogP contribution in [-0.4, -0.2) is 19.2 Å². The third kappa shape index (κ3) is 3.47. The molecule has 0 aromatic heterocycles. The molecule has 1 saturated carbocycles. The molecule has 1 atom stereocenters. The van der Waals surface area contributed by atoms with Crippen LogP contribution >= 0.6 is 0 Å². The highest BCUT2D eigenvalue weighted by Gasteiger charge is 2.25. The van der Waals surface area contributed by atoms with Crippen LogP contribution in [-0.2, 0) is 6.42 Å². The van der Waals surface area contributed by atoms with Gasteiger partial charge in [-0.2, -0.15) is 0 Å². The first-order valence-electron chi connectivity index (χ1n) is 6.56. The first-order chi connectivity index (χ1) is 8.17. The Kier molecular flexibility index (Phi) is 4.06. The molecule has 2 heteroatoms. The maximum absolute atomic E-state index is 5.16. The van der Waals surface area contributed by atoms with Crippen molar-refractivity contribution in [2.24, 2.45) is 5.92 Å². The van der Waals surface area contributed by atoms with Crippen LogP contribution in [0.2, 0.25) is 0 Å². The van der Waals surface area contributed by atoms with Gasteiger partial charge in [0, 0.05) is 12.1 Å². The van der Waals surface area contributed by atoms with E-state index in [0.717, 1.165) is 24.1 Å². The summed E-state index contributed by atoms with van der Waals surface area (Å²) in [7, 11) is 1.71. The summed E-state index contributed by atoms with van der Waals surface area (Å²) in [6.45, 7) is 4.60. The van der Waals surface area contributed by atoms with Crippen LogP contribution in [0, 0.1) is 5.92 Å². The average Bonchev–Trinajstić information content (AvgIpc) is 2.28. The van der Waals surface area contributed by atoms with Gasteiger partial charge in [0.05, 0.1) is 7.11 Å². The van der Waals surface area contributed by atoms with E-state index in [0.29, 0.717) is 6.04 Å². The fourth-order valence-corrected chi connectivity index (χ4v) is 2.61. The normalized spacial score (nSPS) is 25.1. The Labute approximate surface area is 104 Å². The van der Waals surface area contributed by atoms with Crippen molar-refractivity contribution in [1.82, 2.24) is 5.32 Å². The second-order valence-corrected chi connectivity index (χ2v) is 5.39. The summed E-state index contributed by atoms with van der Waals surface area (Å²) in [4.78, 5) is 0. The zero-order valence-corrected chi connectivity index (χ0v) is 11.1. The lowest BCUT2D eigenvalue weighted by atomic mass is 9.81. The van der Waals surface area contributed by atoms with E-state index < -0.39 is 0 Å². The largest absolute Gasteiger partial charge is 0.497 e. The maximum atomic E-state index is 5.16. The molecule has 2 nitrogen and oxygen atoms in total. The lowest BCUT2D eigenvalue weighted by Crippen LogP contribution is -2.45. The average molecular weight is 233 g/mol. The van der Waals surface area contributed by atoms with Crippen molar-refractivity contribution in [2.45, 2.75) is 45.2 Å². The van der Waals surface area contributed by atoms with E-state index in [1.165, 1.54) is 18.4 Å². The molecule has 1 N–H and O–H groups in total. The Hall–Kier alpha value is -1.02. The molecule has 1 unspecified atom stereocenters. The van der Waals surface area contributed by atoms with Gasteiger partial charge in [0.25, 0.3) is 0 Å². The highest BCUT2D eigenvalue weighted by molar-refractivity contribution is 5.27. The zero-order chi connectivity index (χ0) is 12.3. The summed E-state index contributed by atoms with van der Waals surface area (Å²) in [5, 5.41) is 3.69. The van der Waals surface area contributed by atoms with Crippen LogP contribution in [0.4, 0.5) is 0 Å². The van der Waals surface area contributed by atoms with Crippen LogP contribution in [0.3, 0.4) is 0 Å². The minimum atomic E-state index is 0.556. The van der Waals surface area contributed by atoms with Crippen molar-refractivity contribution in [3.63, 3.8) is 0 Å². The topological polar surface area (TPSA) is 21.3 Å². The number of benzene rings is 1. The first kappa shape index (κ1) is 12.4. The van der Waals surface area contributed by atoms with Gasteiger partial charge in [0.2, 0.25) is 0 Å². The highest BCUT2D eigenvalue weighted by atomic mass is 16.5. The number of rotatable bonds is 5. The number of nitrogens with one attached hydrogen (secondary N) is 1. The van der Waals surface area contributed by atoms with E-state index in [2.05, 4.69) is 31.3 Å². The monoisotopic (exact) mass is 233 g/mol. The fourth-order valence-electron chi connectivity index (χ4n) is 2.61. The van der Waals surface area contributed by atoms with Gasteiger partial charge < -0.3 is 10.1 Å². The minimum Gasteiger partial charge on any atom is -0.497 e. The molecule has 0 saturated heterocycles. The van der Waals surface area contributed by atoms with E-state index in [9.17, 15) is 0 Å². The predicted octanol–water partition coefficient (Wildman–Crippen LogP) is 3.01. The molecule has 0 radical (unpaired) electrons. The molecule has 1 fully saturated rings. The molecule has 1 aliphatic carbocycles. The lowest BCUT2D eigenvalue weighted by Gasteiger charge is -2.35. The molecule has 1 aromatic rings. The van der Waals surface area contributed by atoms with Gasteiger partial charge in [0.15, 0.2) is 0 Å². The summed E-state index contributed by atoms with van der Waals surface area (Å²) in [6, 6.07) is 9.68. The maximum Gasteiger partial charge on any atom is 0.118 e. The minimum absolute atomic E-state index is 0.556. The number of hydrogen-bond acceptors (Lipinski definition) is 2. The molecule has 2 rings (SSSR count). The lowest BCUT2D eigenvalue weighted by molar-refractivity contribution is 0.225. The number of hydrogen-bond donors (Lipinski definition) is 1. The van der Waals surface area contributed by atoms with Crippen LogP contribution in [0.1, 0.15) is 32.3 Å². The van der Waals surface area contributed by atoms with Crippen molar-refractivity contribution in [3.05, 3.63) is 29.8 Å². The molecule has 0 amide bonds. The van der Waals surface area contributed by atoms with Gasteiger partial charge in [-0.15, -0.1) is 0 Å². The molecular weight excluding hydrogens is 210 g/mol. The summed E-state index contributed by atoms with van der Waals surface area (Å²) < 4.78 is 5.16. The van der Waals surface area contributed by atoms with E-state index in [1.807, 2.05) is 12.1 Å². The van der Waals surface area contributed by atoms with Gasteiger partial charge in [-0.1, -0.05) is 19.1 Å². The molecule has 0 spiro atoms. The highest BCUT2D eigenvalue weighted by Crippen LogP contribution is 2.26. The summed E-state index contributed by atoms with van der Waals surface area (Å²) in [6.07, 6.45) is 3.77. The molecule has 17 heavy (non-hydrogen) atoms. The Morgan fingerprint density at radius 2 is 1.94 bits per heavy atom. The summed E-state index contributed by atoms with van der Waals surface area (Å²) in [5.41, 5.74) is 1.37. The van der Waals surface area contributed by atoms with Crippen LogP contribution in [0.5, 0.6) is 5.75 Å². The van der Waals surface area contributed by atoms with Gasteiger partial charge in [-0.3, -0.25) is 0 Å². The quantitative estimate of drug-likeness (QED) is 0.844. The summed E-state index contributed by atoms with van der Waals surface area (Å²) in [5.74, 6) is 1.85. The molecule has 0 bridgehead atoms. The standard InChI is InChI=1S/C15H23NO/c1-11-8-14(9-11)16-12(2)10-13-4-6-15(17-3)7-5-13/h4-7,11-12,14,16H,8-10H2,1-3H3. The second kappa shape index (κ2) is 5.54. The van der Waals surface area contributed by atoms with Gasteiger partial charge in [-0.25, -0.2) is 0 Å². The Morgan fingerprint density at radius 1 is 1.29 bits per heavy atom. The predicted molar refractivity (Wildman–Crippen MR) is 71.5 cm³/mol. The van der Waals surface area contributed by atoms with Crippen LogP contribution < -0.4 is 10.1 Å². The van der Waals surface area contributed by atoms with E-state index in [4.69, 9.17) is 4.74 Å². The van der Waals surface area contributed by atoms with Crippen molar-refractivity contribution in [2.75, 3.05) is 7.11 Å². The Balaban J connectivity index is 1.78. The van der Waals surface area contributed by atoms with Gasteiger partial charge >= 0.3 is 0 Å². The van der Waals surface area contributed by atoms with Gasteiger partial charge in [-0.05, 0) is 49.8 Å². The van der Waals surface area contributed by atoms with Crippen molar-refractivity contribution < 1.29 is 4.74 Å². The molecule has 0 heterocycles. The Morgan fingerprint density at radius 3 is 2.47 bits per heavy atom. The smallest absolute Gasteiger partial charge is 0.118 e. The first-order valence-corrected chi connectivity index (χ1v) is 6.56. The molecule has 1 aromatic carbocycles. The fraction of sp³-hybridized carbons (Fsp3) is 0.600. The number of methoxy groups -OCH3 is 1. The van der Waals surface area contributed by atoms with Crippen molar-refractivity contribution in [1.29, 1.82) is 0 Å². The zero-order valence-electron chi connectivity index (χ0n) is 11.1. The van der Waals surface area contributed by atoms with Gasteiger partial charge in [0.1, 0.15) is 5.75 Å².